The van der Waals surface area contributed by atoms with E-state index in [1.54, 1.807) is 0 Å². The van der Waals surface area contributed by atoms with Gasteiger partial charge in [0, 0.05) is 37.1 Å². The van der Waals surface area contributed by atoms with Crippen molar-refractivity contribution in [1.82, 2.24) is 4.57 Å². The summed E-state index contributed by atoms with van der Waals surface area (Å²) in [6, 6.07) is 46.3. The van der Waals surface area contributed by atoms with Crippen LogP contribution >= 0.6 is 11.3 Å². The van der Waals surface area contributed by atoms with Gasteiger partial charge in [-0.25, -0.2) is 0 Å². The molecule has 0 fully saturated rings. The first-order valence-electron chi connectivity index (χ1n) is 15.2. The number of aromatic nitrogens is 1. The molecule has 6 aromatic carbocycles. The molecular weight excluding hydrogens is 539 g/mol. The number of hydrogen-bond donors (Lipinski definition) is 0. The maximum Gasteiger partial charge on any atom is 0.0640 e. The van der Waals surface area contributed by atoms with E-state index in [1.807, 2.05) is 11.3 Å². The molecule has 10 rings (SSSR count). The quantitative estimate of drug-likeness (QED) is 0.172. The molecule has 2 aromatic heterocycles. The molecule has 0 spiro atoms. The van der Waals surface area contributed by atoms with Crippen molar-refractivity contribution in [2.75, 3.05) is 0 Å². The third-order valence-corrected chi connectivity index (χ3v) is 12.0. The summed E-state index contributed by atoms with van der Waals surface area (Å²) in [5, 5.41) is 5.29. The highest BCUT2D eigenvalue weighted by molar-refractivity contribution is 7.26. The first-order valence-corrected chi connectivity index (χ1v) is 16.0. The highest BCUT2D eigenvalue weighted by Crippen LogP contribution is 2.56. The summed E-state index contributed by atoms with van der Waals surface area (Å²) < 4.78 is 5.26. The molecule has 8 aromatic rings. The minimum atomic E-state index is -0.266. The van der Waals surface area contributed by atoms with Gasteiger partial charge in [-0.2, -0.15) is 0 Å². The van der Waals surface area contributed by atoms with Crippen LogP contribution in [0.25, 0.3) is 58.8 Å². The van der Waals surface area contributed by atoms with Crippen molar-refractivity contribution in [1.29, 1.82) is 0 Å². The van der Waals surface area contributed by atoms with Gasteiger partial charge in [-0.3, -0.25) is 0 Å². The van der Waals surface area contributed by atoms with E-state index in [2.05, 4.69) is 147 Å². The van der Waals surface area contributed by atoms with Crippen LogP contribution in [-0.4, -0.2) is 4.57 Å². The number of nitrogens with zero attached hydrogens (tertiary/aromatic N) is 1. The standard InChI is InChI=1S/C41H29NS/c1-40(2)24-18-20-27-26-10-4-6-14-32(26)41(3,34(27)22-24)33-15-8-12-30-31-13-9-17-36(39(31)43-38(30)33)42-35-16-7-5-11-28(35)29-21-19-25(40)23-37(29)42/h4-23H,1-3H3. The van der Waals surface area contributed by atoms with Crippen LogP contribution in [0, 0.1) is 0 Å². The lowest BCUT2D eigenvalue weighted by atomic mass is 9.71. The summed E-state index contributed by atoms with van der Waals surface area (Å²) in [6.07, 6.45) is 0. The second-order valence-corrected chi connectivity index (χ2v) is 14.1. The molecule has 2 heteroatoms. The zero-order valence-corrected chi connectivity index (χ0v) is 25.2. The second kappa shape index (κ2) is 7.83. The monoisotopic (exact) mass is 567 g/mol. The summed E-state index contributed by atoms with van der Waals surface area (Å²) in [4.78, 5) is 0. The molecule has 0 amide bonds. The lowest BCUT2D eigenvalue weighted by molar-refractivity contribution is 0.636. The summed E-state index contributed by atoms with van der Waals surface area (Å²) in [5.74, 6) is 0. The molecule has 0 radical (unpaired) electrons. The van der Waals surface area contributed by atoms with Crippen LogP contribution in [0.3, 0.4) is 0 Å². The molecule has 204 valence electrons. The van der Waals surface area contributed by atoms with Crippen LogP contribution in [0.15, 0.2) is 121 Å². The molecule has 3 heterocycles. The average Bonchev–Trinajstić information content (AvgIpc) is 3.67. The maximum absolute atomic E-state index is 2.53. The summed E-state index contributed by atoms with van der Waals surface area (Å²) in [6.45, 7) is 7.24. The fourth-order valence-electron chi connectivity index (χ4n) is 8.33. The highest BCUT2D eigenvalue weighted by atomic mass is 32.1. The fraction of sp³-hybridized carbons (Fsp3) is 0.122. The molecule has 43 heavy (non-hydrogen) atoms. The minimum Gasteiger partial charge on any atom is -0.308 e. The maximum atomic E-state index is 2.53. The lowest BCUT2D eigenvalue weighted by Crippen LogP contribution is -2.24. The number of rotatable bonds is 0. The van der Waals surface area contributed by atoms with E-state index in [4.69, 9.17) is 0 Å². The van der Waals surface area contributed by atoms with Crippen LogP contribution in [0.4, 0.5) is 0 Å². The Morgan fingerprint density at radius 2 is 1.14 bits per heavy atom. The van der Waals surface area contributed by atoms with Crippen molar-refractivity contribution in [3.8, 4) is 16.8 Å². The highest BCUT2D eigenvalue weighted by Gasteiger charge is 2.43. The molecule has 1 unspecified atom stereocenters. The average molecular weight is 568 g/mol. The van der Waals surface area contributed by atoms with Gasteiger partial charge in [-0.15, -0.1) is 11.3 Å². The number of fused-ring (bicyclic) bond motifs is 11. The van der Waals surface area contributed by atoms with Crippen molar-refractivity contribution < 1.29 is 0 Å². The van der Waals surface area contributed by atoms with Gasteiger partial charge < -0.3 is 4.57 Å². The molecular formula is C41H29NS. The SMILES string of the molecule is CC1(C)c2ccc3c(c2)C(C)(c2ccccc2-3)c2cccc3c2sc2c(cccc23)-n2c3ccccc3c3ccc1cc32. The first kappa shape index (κ1) is 23.9. The van der Waals surface area contributed by atoms with Gasteiger partial charge in [0.15, 0.2) is 0 Å². The minimum absolute atomic E-state index is 0.186. The lowest BCUT2D eigenvalue weighted by Gasteiger charge is -2.32. The van der Waals surface area contributed by atoms with E-state index in [0.717, 1.165) is 0 Å². The zero-order chi connectivity index (χ0) is 28.7. The normalized spacial score (nSPS) is 17.9. The Bertz CT molecular complexity index is 2500. The number of benzene rings is 6. The Morgan fingerprint density at radius 1 is 0.488 bits per heavy atom. The van der Waals surface area contributed by atoms with E-state index in [-0.39, 0.29) is 10.8 Å². The molecule has 1 aliphatic carbocycles. The van der Waals surface area contributed by atoms with E-state index < -0.39 is 0 Å². The van der Waals surface area contributed by atoms with Crippen LogP contribution in [0.1, 0.15) is 48.6 Å². The molecule has 1 nitrogen and oxygen atoms in total. The van der Waals surface area contributed by atoms with Gasteiger partial charge in [0.1, 0.15) is 0 Å². The summed E-state index contributed by atoms with van der Waals surface area (Å²) in [7, 11) is 0. The number of thiophene rings is 1. The van der Waals surface area contributed by atoms with Crippen molar-refractivity contribution in [2.45, 2.75) is 31.6 Å². The van der Waals surface area contributed by atoms with E-state index in [0.29, 0.717) is 0 Å². The fourth-order valence-corrected chi connectivity index (χ4v) is 9.76. The van der Waals surface area contributed by atoms with Gasteiger partial charge in [0.05, 0.1) is 21.4 Å². The topological polar surface area (TPSA) is 4.93 Å². The predicted octanol–water partition coefficient (Wildman–Crippen LogP) is 11.1. The molecule has 1 atom stereocenters. The summed E-state index contributed by atoms with van der Waals surface area (Å²) in [5.41, 5.74) is 13.0. The van der Waals surface area contributed by atoms with Gasteiger partial charge >= 0.3 is 0 Å². The van der Waals surface area contributed by atoms with Crippen molar-refractivity contribution in [3.05, 3.63) is 149 Å². The third kappa shape index (κ3) is 2.79. The van der Waals surface area contributed by atoms with E-state index in [9.17, 15) is 0 Å². The van der Waals surface area contributed by atoms with Crippen LogP contribution in [-0.2, 0) is 10.8 Å². The third-order valence-electron chi connectivity index (χ3n) is 10.7. The summed E-state index contributed by atoms with van der Waals surface area (Å²) >= 11 is 1.96. The second-order valence-electron chi connectivity index (χ2n) is 13.1. The molecule has 6 bridgehead atoms. The van der Waals surface area contributed by atoms with Gasteiger partial charge in [-0.1, -0.05) is 117 Å². The Morgan fingerprint density at radius 3 is 2.05 bits per heavy atom. The van der Waals surface area contributed by atoms with Gasteiger partial charge in [0.25, 0.3) is 0 Å². The molecule has 0 saturated carbocycles. The molecule has 1 aliphatic heterocycles. The van der Waals surface area contributed by atoms with Gasteiger partial charge in [0.2, 0.25) is 0 Å². The Kier molecular flexibility index (Phi) is 4.35. The smallest absolute Gasteiger partial charge is 0.0640 e. The molecule has 2 aliphatic rings. The van der Waals surface area contributed by atoms with Crippen molar-refractivity contribution >= 4 is 53.3 Å². The van der Waals surface area contributed by atoms with Crippen molar-refractivity contribution in [2.24, 2.45) is 0 Å². The molecule has 0 N–H and O–H groups in total. The van der Waals surface area contributed by atoms with E-state index >= 15 is 0 Å². The van der Waals surface area contributed by atoms with E-state index in [1.165, 1.54) is 86.6 Å². The first-order chi connectivity index (χ1) is 21.0. The van der Waals surface area contributed by atoms with Crippen LogP contribution < -0.4 is 0 Å². The zero-order valence-electron chi connectivity index (χ0n) is 24.4. The Balaban J connectivity index is 1.46. The number of hydrogen-bond acceptors (Lipinski definition) is 1. The van der Waals surface area contributed by atoms with Crippen molar-refractivity contribution in [3.63, 3.8) is 0 Å². The Hall–Kier alpha value is -4.66. The molecule has 0 saturated heterocycles. The van der Waals surface area contributed by atoms with Gasteiger partial charge in [-0.05, 0) is 64.1 Å². The van der Waals surface area contributed by atoms with Crippen LogP contribution in [0.5, 0.6) is 0 Å². The predicted molar refractivity (Wildman–Crippen MR) is 183 cm³/mol. The Labute approximate surface area is 254 Å². The largest absolute Gasteiger partial charge is 0.308 e. The van der Waals surface area contributed by atoms with Crippen LogP contribution in [0.2, 0.25) is 0 Å². The number of para-hydroxylation sites is 1.